The lowest BCUT2D eigenvalue weighted by Gasteiger charge is -2.42. The quantitative estimate of drug-likeness (QED) is 0.488. The fourth-order valence-electron chi connectivity index (χ4n) is 5.47. The van der Waals surface area contributed by atoms with Gasteiger partial charge in [0.05, 0.1) is 15.9 Å². The minimum Gasteiger partial charge on any atom is -0.335 e. The average molecular weight is 422 g/mol. The lowest BCUT2D eigenvalue weighted by Crippen LogP contribution is -2.50. The monoisotopic (exact) mass is 421 g/mol. The number of fused-ring (bicyclic) bond motifs is 1. The van der Waals surface area contributed by atoms with Crippen molar-refractivity contribution in [1.29, 1.82) is 0 Å². The number of hydrogen-bond donors (Lipinski definition) is 0. The van der Waals surface area contributed by atoms with E-state index in [0.29, 0.717) is 18.6 Å². The van der Waals surface area contributed by atoms with Gasteiger partial charge in [-0.3, -0.25) is 4.79 Å². The van der Waals surface area contributed by atoms with E-state index in [2.05, 4.69) is 33.0 Å². The van der Waals surface area contributed by atoms with Crippen molar-refractivity contribution in [2.24, 2.45) is 0 Å². The Balaban J connectivity index is 1.49. The average Bonchev–Trinajstić information content (AvgIpc) is 3.44. The van der Waals surface area contributed by atoms with Crippen LogP contribution < -0.4 is 0 Å². The van der Waals surface area contributed by atoms with E-state index in [9.17, 15) is 4.79 Å². The summed E-state index contributed by atoms with van der Waals surface area (Å²) in [7, 11) is 0. The Labute approximate surface area is 182 Å². The normalized spacial score (nSPS) is 18.7. The summed E-state index contributed by atoms with van der Waals surface area (Å²) in [5, 5.41) is 2.08. The van der Waals surface area contributed by atoms with Crippen molar-refractivity contribution >= 4 is 28.3 Å². The lowest BCUT2D eigenvalue weighted by molar-refractivity contribution is -0.138. The topological polar surface area (TPSA) is 38.1 Å². The predicted octanol–water partition coefficient (Wildman–Crippen LogP) is 6.26. The van der Waals surface area contributed by atoms with E-state index in [1.54, 1.807) is 11.3 Å². The van der Waals surface area contributed by atoms with Gasteiger partial charge >= 0.3 is 0 Å². The third-order valence-electron chi connectivity index (χ3n) is 6.91. The van der Waals surface area contributed by atoms with Gasteiger partial charge in [-0.1, -0.05) is 56.7 Å². The van der Waals surface area contributed by atoms with Crippen molar-refractivity contribution in [3.8, 4) is 10.7 Å². The second kappa shape index (κ2) is 8.93. The van der Waals surface area contributed by atoms with E-state index in [1.807, 2.05) is 18.2 Å². The molecule has 4 nitrogen and oxygen atoms in total. The molecule has 0 atom stereocenters. The number of aromatic nitrogens is 2. The Hall–Kier alpha value is -2.14. The molecule has 1 aromatic carbocycles. The zero-order valence-corrected chi connectivity index (χ0v) is 18.4. The molecule has 0 spiro atoms. The van der Waals surface area contributed by atoms with Crippen LogP contribution in [-0.2, 0) is 11.3 Å². The first-order valence-corrected chi connectivity index (χ1v) is 12.5. The Kier molecular flexibility index (Phi) is 5.89. The predicted molar refractivity (Wildman–Crippen MR) is 124 cm³/mol. The second-order valence-corrected chi connectivity index (χ2v) is 9.82. The number of thiophene rings is 1. The number of imidazole rings is 1. The first-order valence-electron chi connectivity index (χ1n) is 11.6. The first kappa shape index (κ1) is 19.8. The van der Waals surface area contributed by atoms with Crippen molar-refractivity contribution in [2.75, 3.05) is 0 Å². The Bertz CT molecular complexity index is 963. The highest BCUT2D eigenvalue weighted by molar-refractivity contribution is 7.13. The van der Waals surface area contributed by atoms with Gasteiger partial charge in [0, 0.05) is 12.1 Å². The van der Waals surface area contributed by atoms with Gasteiger partial charge in [-0.05, 0) is 49.3 Å². The summed E-state index contributed by atoms with van der Waals surface area (Å²) in [5.41, 5.74) is 2.03. The molecule has 5 heteroatoms. The van der Waals surface area contributed by atoms with Crippen LogP contribution in [0, 0.1) is 0 Å². The Morgan fingerprint density at radius 2 is 1.60 bits per heavy atom. The maximum Gasteiger partial charge on any atom is 0.243 e. The summed E-state index contributed by atoms with van der Waals surface area (Å²) in [4.78, 5) is 22.2. The van der Waals surface area contributed by atoms with Crippen molar-refractivity contribution in [1.82, 2.24) is 14.5 Å². The summed E-state index contributed by atoms with van der Waals surface area (Å²) in [6, 6.07) is 13.2. The maximum atomic E-state index is 13.9. The van der Waals surface area contributed by atoms with Gasteiger partial charge in [-0.25, -0.2) is 4.98 Å². The van der Waals surface area contributed by atoms with Crippen molar-refractivity contribution in [3.63, 3.8) is 0 Å². The number of amides is 1. The SMILES string of the molecule is O=C(Cn1c(-c2cccs2)nc2ccccc21)N(C1CCCCC1)C1CCCCC1. The molecule has 2 saturated carbocycles. The second-order valence-electron chi connectivity index (χ2n) is 8.87. The number of nitrogens with zero attached hydrogens (tertiary/aromatic N) is 3. The molecule has 0 N–H and O–H groups in total. The molecule has 158 valence electrons. The van der Waals surface area contributed by atoms with Crippen molar-refractivity contribution < 1.29 is 4.79 Å². The minimum atomic E-state index is 0.287. The van der Waals surface area contributed by atoms with E-state index in [-0.39, 0.29) is 5.91 Å². The number of carbonyl (C=O) groups is 1. The van der Waals surface area contributed by atoms with Crippen LogP contribution in [0.3, 0.4) is 0 Å². The van der Waals surface area contributed by atoms with E-state index in [0.717, 1.165) is 21.7 Å². The van der Waals surface area contributed by atoms with E-state index >= 15 is 0 Å². The summed E-state index contributed by atoms with van der Waals surface area (Å²) >= 11 is 1.69. The molecule has 2 aliphatic carbocycles. The number of para-hydroxylation sites is 2. The molecule has 2 aromatic heterocycles. The molecule has 0 aliphatic heterocycles. The fourth-order valence-corrected chi connectivity index (χ4v) is 6.19. The smallest absolute Gasteiger partial charge is 0.243 e. The highest BCUT2D eigenvalue weighted by atomic mass is 32.1. The van der Waals surface area contributed by atoms with Gasteiger partial charge in [-0.15, -0.1) is 11.3 Å². The highest BCUT2D eigenvalue weighted by Crippen LogP contribution is 2.32. The number of rotatable bonds is 5. The lowest BCUT2D eigenvalue weighted by atomic mass is 9.88. The van der Waals surface area contributed by atoms with Crippen LogP contribution in [0.25, 0.3) is 21.7 Å². The van der Waals surface area contributed by atoms with Crippen LogP contribution >= 0.6 is 11.3 Å². The Morgan fingerprint density at radius 1 is 0.933 bits per heavy atom. The van der Waals surface area contributed by atoms with Gasteiger partial charge in [0.25, 0.3) is 0 Å². The molecule has 0 radical (unpaired) electrons. The highest BCUT2D eigenvalue weighted by Gasteiger charge is 2.33. The molecule has 2 heterocycles. The van der Waals surface area contributed by atoms with Crippen LogP contribution in [0.4, 0.5) is 0 Å². The molecule has 0 unspecified atom stereocenters. The molecule has 5 rings (SSSR count). The number of hydrogen-bond acceptors (Lipinski definition) is 3. The summed E-state index contributed by atoms with van der Waals surface area (Å²) in [6.45, 7) is 0.390. The van der Waals surface area contributed by atoms with Gasteiger partial charge in [-0.2, -0.15) is 0 Å². The molecule has 0 bridgehead atoms. The van der Waals surface area contributed by atoms with E-state index < -0.39 is 0 Å². The molecule has 2 aliphatic rings. The molecule has 30 heavy (non-hydrogen) atoms. The zero-order valence-electron chi connectivity index (χ0n) is 17.6. The molecule has 3 aromatic rings. The van der Waals surface area contributed by atoms with E-state index in [4.69, 9.17) is 4.98 Å². The molecule has 0 saturated heterocycles. The van der Waals surface area contributed by atoms with Gasteiger partial charge in [0.1, 0.15) is 6.54 Å². The first-order chi connectivity index (χ1) is 14.8. The van der Waals surface area contributed by atoms with Crippen molar-refractivity contribution in [3.05, 3.63) is 41.8 Å². The van der Waals surface area contributed by atoms with Crippen LogP contribution in [0.2, 0.25) is 0 Å². The largest absolute Gasteiger partial charge is 0.335 e. The molecular formula is C25H31N3OS. The summed E-state index contributed by atoms with van der Waals surface area (Å²) in [5.74, 6) is 1.21. The standard InChI is InChI=1S/C25H31N3OS/c29-24(28(19-10-3-1-4-11-19)20-12-5-2-6-13-20)18-27-22-15-8-7-14-21(22)26-25(27)23-16-9-17-30-23/h7-9,14-17,19-20H,1-6,10-13,18H2. The van der Waals surface area contributed by atoms with Gasteiger partial charge < -0.3 is 9.47 Å². The van der Waals surface area contributed by atoms with Crippen LogP contribution in [0.1, 0.15) is 64.2 Å². The third kappa shape index (κ3) is 3.92. The fraction of sp³-hybridized carbons (Fsp3) is 0.520. The molecule has 2 fully saturated rings. The van der Waals surface area contributed by atoms with Crippen LogP contribution in [0.15, 0.2) is 41.8 Å². The van der Waals surface area contributed by atoms with Crippen molar-refractivity contribution in [2.45, 2.75) is 82.8 Å². The van der Waals surface area contributed by atoms with Crippen LogP contribution in [-0.4, -0.2) is 32.4 Å². The van der Waals surface area contributed by atoms with E-state index in [1.165, 1.54) is 64.2 Å². The summed E-state index contributed by atoms with van der Waals surface area (Å²) in [6.07, 6.45) is 12.4. The maximum absolute atomic E-state index is 13.9. The summed E-state index contributed by atoms with van der Waals surface area (Å²) < 4.78 is 2.15. The van der Waals surface area contributed by atoms with Gasteiger partial charge in [0.2, 0.25) is 5.91 Å². The minimum absolute atomic E-state index is 0.287. The number of benzene rings is 1. The number of carbonyl (C=O) groups excluding carboxylic acids is 1. The molecular weight excluding hydrogens is 390 g/mol. The third-order valence-corrected chi connectivity index (χ3v) is 7.78. The van der Waals surface area contributed by atoms with Crippen LogP contribution in [0.5, 0.6) is 0 Å². The Morgan fingerprint density at radius 3 is 2.23 bits per heavy atom. The molecule has 1 amide bonds. The van der Waals surface area contributed by atoms with Gasteiger partial charge in [0.15, 0.2) is 5.82 Å². The zero-order chi connectivity index (χ0) is 20.3.